The lowest BCUT2D eigenvalue weighted by molar-refractivity contribution is 0.0890. The lowest BCUT2D eigenvalue weighted by atomic mass is 9.67. The Kier molecular flexibility index (Phi) is 7.69. The van der Waals surface area contributed by atoms with E-state index in [-0.39, 0.29) is 52.2 Å². The summed E-state index contributed by atoms with van der Waals surface area (Å²) in [5, 5.41) is 0. The molecule has 6 aromatic carbocycles. The molecule has 0 bridgehead atoms. The number of fused-ring (bicyclic) bond motifs is 5. The maximum absolute atomic E-state index is 14.1. The number of ketones is 3. The number of imide groups is 1. The van der Waals surface area contributed by atoms with Gasteiger partial charge in [0.05, 0.1) is 22.2 Å². The average molecular weight is 721 g/mol. The van der Waals surface area contributed by atoms with Crippen molar-refractivity contribution in [2.45, 2.75) is 32.1 Å². The van der Waals surface area contributed by atoms with Gasteiger partial charge in [-0.25, -0.2) is 4.90 Å². The van der Waals surface area contributed by atoms with Crippen LogP contribution in [0, 0.1) is 13.8 Å². The normalized spacial score (nSPS) is 15.1. The number of amides is 2. The largest absolute Gasteiger partial charge is 0.377 e. The fourth-order valence-corrected chi connectivity index (χ4v) is 8.98. The molecule has 2 amide bonds. The number of Topliss-reactive ketones (excluding diaryl/α,β-unsaturated/α-hetero) is 2. The number of carbonyl (C=O) groups is 5. The van der Waals surface area contributed by atoms with Crippen molar-refractivity contribution >= 4 is 40.5 Å². The third-order valence-corrected chi connectivity index (χ3v) is 11.5. The second-order valence-corrected chi connectivity index (χ2v) is 14.9. The molecule has 0 unspecified atom stereocenters. The van der Waals surface area contributed by atoms with E-state index in [0.29, 0.717) is 11.3 Å². The number of rotatable bonds is 6. The summed E-state index contributed by atoms with van der Waals surface area (Å²) < 4.78 is 0. The molecule has 0 saturated heterocycles. The van der Waals surface area contributed by atoms with E-state index in [1.54, 1.807) is 0 Å². The number of carbonyl (C=O) groups excluding carboxylic acids is 5. The molecule has 0 atom stereocenters. The van der Waals surface area contributed by atoms with Gasteiger partial charge in [0.15, 0.2) is 17.3 Å². The van der Waals surface area contributed by atoms with Gasteiger partial charge in [0.1, 0.15) is 0 Å². The lowest BCUT2D eigenvalue weighted by Gasteiger charge is -2.35. The Hall–Kier alpha value is -6.73. The van der Waals surface area contributed by atoms with E-state index in [9.17, 15) is 24.0 Å². The summed E-state index contributed by atoms with van der Waals surface area (Å²) in [4.78, 5) is 70.0. The van der Waals surface area contributed by atoms with E-state index in [4.69, 9.17) is 0 Å². The first-order valence-electron chi connectivity index (χ1n) is 18.4. The van der Waals surface area contributed by atoms with E-state index in [2.05, 4.69) is 84.6 Å². The van der Waals surface area contributed by atoms with Gasteiger partial charge < -0.3 is 4.90 Å². The molecule has 0 fully saturated rings. The SMILES string of the molecule is Cc1cc(C2(c3ccc(N4C(=O)c5ccc(C(=O)c6ccc7c(c6)C(=O)CCC7=O)cc5C4=O)c(C)c3)c3ccccc3-c3ccccc32)ccc1N(C)C. The van der Waals surface area contributed by atoms with Crippen LogP contribution in [0.25, 0.3) is 11.1 Å². The highest BCUT2D eigenvalue weighted by molar-refractivity contribution is 6.35. The molecule has 268 valence electrons. The zero-order valence-electron chi connectivity index (χ0n) is 30.9. The van der Waals surface area contributed by atoms with Crippen molar-refractivity contribution in [2.24, 2.45) is 0 Å². The van der Waals surface area contributed by atoms with Crippen LogP contribution in [-0.2, 0) is 5.41 Å². The van der Waals surface area contributed by atoms with Crippen LogP contribution in [0.5, 0.6) is 0 Å². The lowest BCUT2D eigenvalue weighted by Crippen LogP contribution is -2.31. The first kappa shape index (κ1) is 34.1. The molecule has 9 rings (SSSR count). The molecule has 0 N–H and O–H groups in total. The molecule has 2 aliphatic carbocycles. The zero-order chi connectivity index (χ0) is 38.3. The number of anilines is 2. The summed E-state index contributed by atoms with van der Waals surface area (Å²) in [5.41, 5.74) is 11.0. The van der Waals surface area contributed by atoms with Crippen LogP contribution in [0.2, 0.25) is 0 Å². The highest BCUT2D eigenvalue weighted by Crippen LogP contribution is 2.56. The van der Waals surface area contributed by atoms with E-state index in [1.807, 2.05) is 33.2 Å². The summed E-state index contributed by atoms with van der Waals surface area (Å²) in [6, 6.07) is 38.6. The minimum Gasteiger partial charge on any atom is -0.377 e. The standard InChI is InChI=1S/C48H36N2O5/c1-27-23-31(15-19-41(27)49(3)4)48(39-11-7-5-9-33(39)34-10-6-8-12-40(34)48)32-16-20-42(28(2)24-32)50-46(54)36-18-14-30(26-38(36)47(50)55)45(53)29-13-17-35-37(25-29)44(52)22-21-43(35)51/h5-20,23-26H,21-22H2,1-4H3. The number of hydrogen-bond acceptors (Lipinski definition) is 6. The van der Waals surface area contributed by atoms with Crippen LogP contribution in [0.15, 0.2) is 121 Å². The van der Waals surface area contributed by atoms with Gasteiger partial charge in [-0.2, -0.15) is 0 Å². The number of hydrogen-bond donors (Lipinski definition) is 0. The molecular formula is C48H36N2O5. The Balaban J connectivity index is 1.12. The molecule has 0 aromatic heterocycles. The second-order valence-electron chi connectivity index (χ2n) is 14.9. The predicted molar refractivity (Wildman–Crippen MR) is 213 cm³/mol. The topological polar surface area (TPSA) is 91.8 Å². The fraction of sp³-hybridized carbons (Fsp3) is 0.146. The molecular weight excluding hydrogens is 685 g/mol. The van der Waals surface area contributed by atoms with Gasteiger partial charge in [-0.1, -0.05) is 84.9 Å². The van der Waals surface area contributed by atoms with Crippen molar-refractivity contribution in [1.82, 2.24) is 0 Å². The molecule has 7 nitrogen and oxygen atoms in total. The number of nitrogens with zero attached hydrogens (tertiary/aromatic N) is 2. The molecule has 3 aliphatic rings. The molecule has 0 spiro atoms. The van der Waals surface area contributed by atoms with E-state index >= 15 is 0 Å². The van der Waals surface area contributed by atoms with E-state index in [1.165, 1.54) is 41.3 Å². The van der Waals surface area contributed by atoms with Gasteiger partial charge in [0.25, 0.3) is 11.8 Å². The van der Waals surface area contributed by atoms with Crippen molar-refractivity contribution in [3.8, 4) is 11.1 Å². The van der Waals surface area contributed by atoms with Gasteiger partial charge in [-0.05, 0) is 94.8 Å². The Morgan fingerprint density at radius 2 is 1.07 bits per heavy atom. The summed E-state index contributed by atoms with van der Waals surface area (Å²) in [7, 11) is 4.08. The Morgan fingerprint density at radius 3 is 1.67 bits per heavy atom. The first-order valence-corrected chi connectivity index (χ1v) is 18.4. The van der Waals surface area contributed by atoms with Crippen molar-refractivity contribution in [1.29, 1.82) is 0 Å². The van der Waals surface area contributed by atoms with Crippen LogP contribution >= 0.6 is 0 Å². The van der Waals surface area contributed by atoms with Crippen molar-refractivity contribution in [2.75, 3.05) is 23.9 Å². The quantitative estimate of drug-likeness (QED) is 0.126. The highest BCUT2D eigenvalue weighted by atomic mass is 16.2. The zero-order valence-corrected chi connectivity index (χ0v) is 30.9. The van der Waals surface area contributed by atoms with Crippen LogP contribution in [-0.4, -0.2) is 43.3 Å². The second kappa shape index (κ2) is 12.4. The molecule has 0 radical (unpaired) electrons. The van der Waals surface area contributed by atoms with Crippen molar-refractivity contribution in [3.63, 3.8) is 0 Å². The molecule has 55 heavy (non-hydrogen) atoms. The molecule has 7 heteroatoms. The van der Waals surface area contributed by atoms with E-state index < -0.39 is 23.0 Å². The third kappa shape index (κ3) is 4.92. The Bertz CT molecular complexity index is 2680. The van der Waals surface area contributed by atoms with Crippen molar-refractivity contribution in [3.05, 3.63) is 188 Å². The summed E-state index contributed by atoms with van der Waals surface area (Å²) in [5.74, 6) is -1.69. The van der Waals surface area contributed by atoms with Gasteiger partial charge in [-0.15, -0.1) is 0 Å². The van der Waals surface area contributed by atoms with Gasteiger partial charge >= 0.3 is 0 Å². The maximum Gasteiger partial charge on any atom is 0.266 e. The minimum absolute atomic E-state index is 0.111. The summed E-state index contributed by atoms with van der Waals surface area (Å²) in [6.45, 7) is 4.05. The molecule has 0 saturated carbocycles. The smallest absolute Gasteiger partial charge is 0.266 e. The van der Waals surface area contributed by atoms with Crippen LogP contribution in [0.1, 0.15) is 104 Å². The van der Waals surface area contributed by atoms with Gasteiger partial charge in [0.2, 0.25) is 0 Å². The van der Waals surface area contributed by atoms with Gasteiger partial charge in [-0.3, -0.25) is 24.0 Å². The monoisotopic (exact) mass is 720 g/mol. The van der Waals surface area contributed by atoms with Crippen LogP contribution < -0.4 is 9.80 Å². The minimum atomic E-state index is -0.669. The number of benzene rings is 6. The molecule has 1 heterocycles. The first-order chi connectivity index (χ1) is 26.5. The summed E-state index contributed by atoms with van der Waals surface area (Å²) >= 11 is 0. The highest BCUT2D eigenvalue weighted by Gasteiger charge is 2.47. The number of aryl methyl sites for hydroxylation is 2. The van der Waals surface area contributed by atoms with Crippen LogP contribution in [0.4, 0.5) is 11.4 Å². The average Bonchev–Trinajstić information content (AvgIpc) is 3.63. The van der Waals surface area contributed by atoms with Crippen molar-refractivity contribution < 1.29 is 24.0 Å². The van der Waals surface area contributed by atoms with Crippen LogP contribution in [0.3, 0.4) is 0 Å². The molecule has 1 aliphatic heterocycles. The Labute approximate surface area is 318 Å². The maximum atomic E-state index is 14.1. The predicted octanol–water partition coefficient (Wildman–Crippen LogP) is 8.92. The molecule has 6 aromatic rings. The Morgan fingerprint density at radius 1 is 0.545 bits per heavy atom. The fourth-order valence-electron chi connectivity index (χ4n) is 8.98. The van der Waals surface area contributed by atoms with Gasteiger partial charge in [0, 0.05) is 54.9 Å². The summed E-state index contributed by atoms with van der Waals surface area (Å²) in [6.07, 6.45) is 0.270. The third-order valence-electron chi connectivity index (χ3n) is 11.5. The van der Waals surface area contributed by atoms with E-state index in [0.717, 1.165) is 50.2 Å².